The fourth-order valence-corrected chi connectivity index (χ4v) is 1.44. The van der Waals surface area contributed by atoms with E-state index in [-0.39, 0.29) is 11.3 Å². The lowest BCUT2D eigenvalue weighted by atomic mass is 10.1. The molecule has 0 aliphatic heterocycles. The summed E-state index contributed by atoms with van der Waals surface area (Å²) in [5.41, 5.74) is 5.41. The van der Waals surface area contributed by atoms with Gasteiger partial charge in [-0.3, -0.25) is 4.79 Å². The van der Waals surface area contributed by atoms with Crippen molar-refractivity contribution in [3.05, 3.63) is 27.2 Å². The van der Waals surface area contributed by atoms with Gasteiger partial charge in [0.05, 0.1) is 5.02 Å². The zero-order valence-electron chi connectivity index (χ0n) is 6.87. The highest BCUT2D eigenvalue weighted by atomic mass is 79.9. The molecule has 0 heterocycles. The van der Waals surface area contributed by atoms with E-state index in [0.717, 1.165) is 0 Å². The van der Waals surface area contributed by atoms with Gasteiger partial charge >= 0.3 is 5.97 Å². The van der Waals surface area contributed by atoms with Crippen LogP contribution in [0.25, 0.3) is 0 Å². The molecule has 0 aliphatic carbocycles. The lowest BCUT2D eigenvalue weighted by Crippen LogP contribution is -2.20. The normalized spacial score (nSPS) is 12.5. The van der Waals surface area contributed by atoms with Crippen molar-refractivity contribution in [3.63, 3.8) is 0 Å². The molecule has 76 valence electrons. The summed E-state index contributed by atoms with van der Waals surface area (Å²) in [5, 5.41) is 18.3. The molecule has 1 atom stereocenters. The molecule has 1 aromatic rings. The van der Waals surface area contributed by atoms with Crippen LogP contribution in [0, 0.1) is 0 Å². The van der Waals surface area contributed by atoms with Crippen molar-refractivity contribution in [3.8, 4) is 5.75 Å². The fraction of sp³-hybridized carbons (Fsp3) is 0.125. The van der Waals surface area contributed by atoms with Crippen LogP contribution in [-0.4, -0.2) is 16.2 Å². The molecule has 4 N–H and O–H groups in total. The van der Waals surface area contributed by atoms with E-state index in [1.807, 2.05) is 0 Å². The Morgan fingerprint density at radius 3 is 2.64 bits per heavy atom. The highest BCUT2D eigenvalue weighted by Gasteiger charge is 2.19. The van der Waals surface area contributed by atoms with Gasteiger partial charge in [-0.2, -0.15) is 0 Å². The molecule has 0 bridgehead atoms. The number of hydrogen-bond acceptors (Lipinski definition) is 3. The van der Waals surface area contributed by atoms with Crippen LogP contribution >= 0.6 is 27.5 Å². The summed E-state index contributed by atoms with van der Waals surface area (Å²) >= 11 is 8.81. The van der Waals surface area contributed by atoms with Crippen molar-refractivity contribution in [2.24, 2.45) is 5.73 Å². The standard InChI is InChI=1S/C8H7BrClNO3/c9-4-2-6(12)3(1-5(4)10)7(11)8(13)14/h1-2,7,12H,11H2,(H,13,14)/t7-/m1/s1. The third kappa shape index (κ3) is 2.17. The van der Waals surface area contributed by atoms with E-state index in [1.54, 1.807) is 0 Å². The Balaban J connectivity index is 3.22. The number of aromatic hydroxyl groups is 1. The molecular formula is C8H7BrClNO3. The van der Waals surface area contributed by atoms with E-state index >= 15 is 0 Å². The van der Waals surface area contributed by atoms with E-state index in [4.69, 9.17) is 22.4 Å². The molecule has 0 aromatic heterocycles. The molecule has 0 radical (unpaired) electrons. The molecule has 14 heavy (non-hydrogen) atoms. The molecule has 6 heteroatoms. The maximum absolute atomic E-state index is 10.6. The van der Waals surface area contributed by atoms with Gasteiger partial charge in [0, 0.05) is 10.0 Å². The SMILES string of the molecule is N[C@@H](C(=O)O)c1cc(Cl)c(Br)cc1O. The zero-order valence-corrected chi connectivity index (χ0v) is 9.21. The van der Waals surface area contributed by atoms with Crippen LogP contribution in [0.3, 0.4) is 0 Å². The Hall–Kier alpha value is -0.780. The Morgan fingerprint density at radius 1 is 1.57 bits per heavy atom. The first-order valence-electron chi connectivity index (χ1n) is 3.59. The number of benzene rings is 1. The summed E-state index contributed by atoms with van der Waals surface area (Å²) in [6.07, 6.45) is 0. The number of hydrogen-bond donors (Lipinski definition) is 3. The van der Waals surface area contributed by atoms with E-state index in [1.165, 1.54) is 12.1 Å². The van der Waals surface area contributed by atoms with Gasteiger partial charge in [-0.1, -0.05) is 11.6 Å². The second-order valence-corrected chi connectivity index (χ2v) is 3.90. The minimum atomic E-state index is -1.28. The molecule has 0 saturated heterocycles. The van der Waals surface area contributed by atoms with Crippen LogP contribution in [-0.2, 0) is 4.79 Å². The van der Waals surface area contributed by atoms with Gasteiger partial charge in [0.1, 0.15) is 11.8 Å². The molecule has 0 aliphatic rings. The van der Waals surface area contributed by atoms with Gasteiger partial charge < -0.3 is 15.9 Å². The van der Waals surface area contributed by atoms with Crippen LogP contribution in [0.4, 0.5) is 0 Å². The first kappa shape index (κ1) is 11.3. The number of halogens is 2. The third-order valence-corrected chi connectivity index (χ3v) is 2.87. The van der Waals surface area contributed by atoms with Crippen molar-refractivity contribution >= 4 is 33.5 Å². The second-order valence-electron chi connectivity index (χ2n) is 2.64. The quantitative estimate of drug-likeness (QED) is 0.772. The van der Waals surface area contributed by atoms with Crippen LogP contribution in [0.15, 0.2) is 16.6 Å². The van der Waals surface area contributed by atoms with Crippen molar-refractivity contribution in [1.82, 2.24) is 0 Å². The van der Waals surface area contributed by atoms with Crippen LogP contribution < -0.4 is 5.73 Å². The van der Waals surface area contributed by atoms with Crippen LogP contribution in [0.5, 0.6) is 5.75 Å². The molecule has 4 nitrogen and oxygen atoms in total. The summed E-state index contributed by atoms with van der Waals surface area (Å²) in [4.78, 5) is 10.6. The maximum Gasteiger partial charge on any atom is 0.325 e. The molecule has 0 fully saturated rings. The summed E-state index contributed by atoms with van der Waals surface area (Å²) in [6.45, 7) is 0. The second kappa shape index (κ2) is 4.16. The van der Waals surface area contributed by atoms with E-state index in [0.29, 0.717) is 9.50 Å². The maximum atomic E-state index is 10.6. The highest BCUT2D eigenvalue weighted by molar-refractivity contribution is 9.10. The first-order valence-corrected chi connectivity index (χ1v) is 4.77. The van der Waals surface area contributed by atoms with E-state index in [9.17, 15) is 9.90 Å². The average Bonchev–Trinajstić information content (AvgIpc) is 2.10. The number of aliphatic carboxylic acids is 1. The number of phenolic OH excluding ortho intramolecular Hbond substituents is 1. The van der Waals surface area contributed by atoms with E-state index < -0.39 is 12.0 Å². The van der Waals surface area contributed by atoms with Gasteiger partial charge in [-0.25, -0.2) is 0 Å². The molecule has 0 saturated carbocycles. The van der Waals surface area contributed by atoms with Gasteiger partial charge in [0.2, 0.25) is 0 Å². The van der Waals surface area contributed by atoms with Crippen LogP contribution in [0.1, 0.15) is 11.6 Å². The Morgan fingerprint density at radius 2 is 2.14 bits per heavy atom. The third-order valence-electron chi connectivity index (χ3n) is 1.67. The van der Waals surface area contributed by atoms with Gasteiger partial charge in [0.15, 0.2) is 0 Å². The predicted molar refractivity (Wildman–Crippen MR) is 55.4 cm³/mol. The van der Waals surface area contributed by atoms with Gasteiger partial charge in [0.25, 0.3) is 0 Å². The lowest BCUT2D eigenvalue weighted by molar-refractivity contribution is -0.138. The zero-order chi connectivity index (χ0) is 10.9. The van der Waals surface area contributed by atoms with E-state index in [2.05, 4.69) is 15.9 Å². The highest BCUT2D eigenvalue weighted by Crippen LogP contribution is 2.32. The molecule has 1 rings (SSSR count). The van der Waals surface area contributed by atoms with Gasteiger partial charge in [-0.05, 0) is 28.1 Å². The van der Waals surface area contributed by atoms with Crippen LogP contribution in [0.2, 0.25) is 5.02 Å². The molecule has 1 aromatic carbocycles. The fourth-order valence-electron chi connectivity index (χ4n) is 0.934. The lowest BCUT2D eigenvalue weighted by Gasteiger charge is -2.10. The number of nitrogens with two attached hydrogens (primary N) is 1. The number of carboxylic acids is 1. The Labute approximate surface area is 93.4 Å². The number of carbonyl (C=O) groups is 1. The molecule has 0 unspecified atom stereocenters. The van der Waals surface area contributed by atoms with Crippen molar-refractivity contribution < 1.29 is 15.0 Å². The number of rotatable bonds is 2. The average molecular weight is 281 g/mol. The molecule has 0 amide bonds. The predicted octanol–water partition coefficient (Wildman–Crippen LogP) is 1.89. The number of carboxylic acid groups (broad SMARTS) is 1. The summed E-state index contributed by atoms with van der Waals surface area (Å²) in [6, 6.07) is 1.35. The molecule has 0 spiro atoms. The topological polar surface area (TPSA) is 83.6 Å². The summed E-state index contributed by atoms with van der Waals surface area (Å²) in [7, 11) is 0. The van der Waals surface area contributed by atoms with Gasteiger partial charge in [-0.15, -0.1) is 0 Å². The minimum Gasteiger partial charge on any atom is -0.508 e. The first-order chi connectivity index (χ1) is 6.43. The smallest absolute Gasteiger partial charge is 0.325 e. The minimum absolute atomic E-state index is 0.0886. The molecular weight excluding hydrogens is 273 g/mol. The summed E-state index contributed by atoms with van der Waals surface area (Å²) in [5.74, 6) is -1.42. The largest absolute Gasteiger partial charge is 0.508 e. The van der Waals surface area contributed by atoms with Crippen molar-refractivity contribution in [2.45, 2.75) is 6.04 Å². The number of phenols is 1. The summed E-state index contributed by atoms with van der Waals surface area (Å²) < 4.78 is 0.484. The Kier molecular flexibility index (Phi) is 3.36. The van der Waals surface area contributed by atoms with Crippen molar-refractivity contribution in [2.75, 3.05) is 0 Å². The Bertz CT molecular complexity index is 383. The monoisotopic (exact) mass is 279 g/mol. The van der Waals surface area contributed by atoms with Crippen molar-refractivity contribution in [1.29, 1.82) is 0 Å².